The Morgan fingerprint density at radius 3 is 2.11 bits per heavy atom. The SMILES string of the molecule is OCc1nc(OC(F)(F)F)cc(C(F)(F)F)c1F. The minimum Gasteiger partial charge on any atom is -0.390 e. The lowest BCUT2D eigenvalue weighted by atomic mass is 10.2. The van der Waals surface area contributed by atoms with Gasteiger partial charge in [0, 0.05) is 6.07 Å². The van der Waals surface area contributed by atoms with Gasteiger partial charge in [0.2, 0.25) is 5.88 Å². The summed E-state index contributed by atoms with van der Waals surface area (Å²) in [6.45, 7) is -1.30. The number of nitrogens with zero attached hydrogens (tertiary/aromatic N) is 1. The fourth-order valence-corrected chi connectivity index (χ4v) is 1.04. The molecule has 0 bridgehead atoms. The van der Waals surface area contributed by atoms with Crippen molar-refractivity contribution in [3.8, 4) is 5.88 Å². The van der Waals surface area contributed by atoms with Gasteiger partial charge in [0.1, 0.15) is 5.69 Å². The van der Waals surface area contributed by atoms with E-state index >= 15 is 0 Å². The number of ether oxygens (including phenoxy) is 1. The molecule has 1 aromatic heterocycles. The van der Waals surface area contributed by atoms with E-state index in [1.165, 1.54) is 0 Å². The van der Waals surface area contributed by atoms with Crippen LogP contribution in [-0.4, -0.2) is 16.5 Å². The number of alkyl halides is 6. The van der Waals surface area contributed by atoms with Crippen LogP contribution < -0.4 is 4.74 Å². The Morgan fingerprint density at radius 2 is 1.72 bits per heavy atom. The van der Waals surface area contributed by atoms with E-state index in [-0.39, 0.29) is 6.07 Å². The molecule has 0 fully saturated rings. The van der Waals surface area contributed by atoms with Crippen LogP contribution in [-0.2, 0) is 12.8 Å². The van der Waals surface area contributed by atoms with E-state index in [0.717, 1.165) is 0 Å². The van der Waals surface area contributed by atoms with Crippen LogP contribution in [0.25, 0.3) is 0 Å². The standard InChI is InChI=1S/C8H4F7NO2/c9-6-3(7(10,11)12)1-5(16-4(6)2-17)18-8(13,14)15/h1,17H,2H2. The molecule has 10 heteroatoms. The molecule has 0 radical (unpaired) electrons. The number of hydrogen-bond acceptors (Lipinski definition) is 3. The Kier molecular flexibility index (Phi) is 3.70. The van der Waals surface area contributed by atoms with Crippen LogP contribution >= 0.6 is 0 Å². The highest BCUT2D eigenvalue weighted by Gasteiger charge is 2.38. The van der Waals surface area contributed by atoms with Crippen LogP contribution in [0.2, 0.25) is 0 Å². The van der Waals surface area contributed by atoms with Crippen molar-refractivity contribution in [2.75, 3.05) is 0 Å². The predicted octanol–water partition coefficient (Wildman–Crippen LogP) is 2.63. The van der Waals surface area contributed by atoms with Crippen molar-refractivity contribution in [2.45, 2.75) is 19.1 Å². The van der Waals surface area contributed by atoms with E-state index < -0.39 is 42.1 Å². The molecular formula is C8H4F7NO2. The maximum Gasteiger partial charge on any atom is 0.574 e. The summed E-state index contributed by atoms with van der Waals surface area (Å²) in [5.41, 5.74) is -3.19. The summed E-state index contributed by atoms with van der Waals surface area (Å²) in [7, 11) is 0. The number of aromatic nitrogens is 1. The zero-order chi connectivity index (χ0) is 14.1. The molecule has 102 valence electrons. The van der Waals surface area contributed by atoms with Crippen molar-refractivity contribution in [3.05, 3.63) is 23.1 Å². The summed E-state index contributed by atoms with van der Waals surface area (Å²) in [4.78, 5) is 2.78. The maximum absolute atomic E-state index is 13.1. The normalized spacial score (nSPS) is 12.7. The van der Waals surface area contributed by atoms with E-state index in [1.807, 2.05) is 0 Å². The molecule has 0 unspecified atom stereocenters. The summed E-state index contributed by atoms with van der Waals surface area (Å²) in [6, 6.07) is -0.234. The van der Waals surface area contributed by atoms with Gasteiger partial charge in [-0.3, -0.25) is 0 Å². The molecule has 0 aromatic carbocycles. The minimum absolute atomic E-state index is 0.234. The third kappa shape index (κ3) is 3.45. The highest BCUT2D eigenvalue weighted by atomic mass is 19.4. The van der Waals surface area contributed by atoms with Crippen molar-refractivity contribution >= 4 is 0 Å². The molecule has 18 heavy (non-hydrogen) atoms. The van der Waals surface area contributed by atoms with Gasteiger partial charge in [0.15, 0.2) is 5.82 Å². The monoisotopic (exact) mass is 279 g/mol. The van der Waals surface area contributed by atoms with E-state index in [1.54, 1.807) is 0 Å². The van der Waals surface area contributed by atoms with Gasteiger partial charge >= 0.3 is 12.5 Å². The van der Waals surface area contributed by atoms with E-state index in [2.05, 4.69) is 9.72 Å². The number of pyridine rings is 1. The number of aliphatic hydroxyl groups is 1. The zero-order valence-electron chi connectivity index (χ0n) is 8.23. The molecule has 0 aliphatic rings. The first kappa shape index (κ1) is 14.5. The highest BCUT2D eigenvalue weighted by molar-refractivity contribution is 5.29. The van der Waals surface area contributed by atoms with E-state index in [4.69, 9.17) is 5.11 Å². The molecule has 3 nitrogen and oxygen atoms in total. The van der Waals surface area contributed by atoms with Gasteiger partial charge in [0.25, 0.3) is 0 Å². The highest BCUT2D eigenvalue weighted by Crippen LogP contribution is 2.35. The molecular weight excluding hydrogens is 275 g/mol. The van der Waals surface area contributed by atoms with Gasteiger partial charge in [-0.15, -0.1) is 13.2 Å². The van der Waals surface area contributed by atoms with Gasteiger partial charge in [0.05, 0.1) is 12.2 Å². The van der Waals surface area contributed by atoms with Crippen molar-refractivity contribution < 1.29 is 40.6 Å². The number of aliphatic hydroxyl groups excluding tert-OH is 1. The Hall–Kier alpha value is -1.58. The Labute approximate surface area is 94.8 Å². The van der Waals surface area contributed by atoms with Gasteiger partial charge in [-0.05, 0) is 0 Å². The summed E-state index contributed by atoms with van der Waals surface area (Å²) in [5, 5.41) is 8.52. The van der Waals surface area contributed by atoms with Crippen LogP contribution in [0.1, 0.15) is 11.3 Å². The molecule has 0 saturated carbocycles. The molecule has 0 aliphatic heterocycles. The third-order valence-corrected chi connectivity index (χ3v) is 1.68. The topological polar surface area (TPSA) is 42.4 Å². The molecule has 0 saturated heterocycles. The Balaban J connectivity index is 3.31. The molecule has 0 atom stereocenters. The summed E-state index contributed by atoms with van der Waals surface area (Å²) in [6.07, 6.45) is -10.5. The van der Waals surface area contributed by atoms with Crippen molar-refractivity contribution in [2.24, 2.45) is 0 Å². The molecule has 1 N–H and O–H groups in total. The Morgan fingerprint density at radius 1 is 1.17 bits per heavy atom. The lowest BCUT2D eigenvalue weighted by Gasteiger charge is -2.13. The van der Waals surface area contributed by atoms with E-state index in [9.17, 15) is 30.7 Å². The van der Waals surface area contributed by atoms with Crippen molar-refractivity contribution in [1.82, 2.24) is 4.98 Å². The number of hydrogen-bond donors (Lipinski definition) is 1. The lowest BCUT2D eigenvalue weighted by molar-refractivity contribution is -0.276. The quantitative estimate of drug-likeness (QED) is 0.846. The molecule has 0 amide bonds. The minimum atomic E-state index is -5.28. The van der Waals surface area contributed by atoms with Crippen LogP contribution in [0, 0.1) is 5.82 Å². The number of rotatable bonds is 2. The van der Waals surface area contributed by atoms with Gasteiger partial charge in [-0.2, -0.15) is 13.2 Å². The molecule has 1 heterocycles. The second-order valence-corrected chi connectivity index (χ2v) is 2.97. The van der Waals surface area contributed by atoms with Crippen molar-refractivity contribution in [3.63, 3.8) is 0 Å². The second-order valence-electron chi connectivity index (χ2n) is 2.97. The predicted molar refractivity (Wildman–Crippen MR) is 41.8 cm³/mol. The molecule has 1 aromatic rings. The van der Waals surface area contributed by atoms with Gasteiger partial charge < -0.3 is 9.84 Å². The average molecular weight is 279 g/mol. The van der Waals surface area contributed by atoms with Gasteiger partial charge in [-0.1, -0.05) is 0 Å². The summed E-state index contributed by atoms with van der Waals surface area (Å²) >= 11 is 0. The fourth-order valence-electron chi connectivity index (χ4n) is 1.04. The largest absolute Gasteiger partial charge is 0.574 e. The summed E-state index contributed by atoms with van der Waals surface area (Å²) in [5.74, 6) is -3.44. The number of halogens is 7. The molecule has 1 rings (SSSR count). The third-order valence-electron chi connectivity index (χ3n) is 1.68. The fraction of sp³-hybridized carbons (Fsp3) is 0.375. The zero-order valence-corrected chi connectivity index (χ0v) is 8.23. The average Bonchev–Trinajstić information content (AvgIpc) is 2.16. The smallest absolute Gasteiger partial charge is 0.390 e. The second kappa shape index (κ2) is 4.59. The van der Waals surface area contributed by atoms with Gasteiger partial charge in [-0.25, -0.2) is 9.37 Å². The molecule has 0 spiro atoms. The first-order valence-electron chi connectivity index (χ1n) is 4.18. The first-order chi connectivity index (χ1) is 8.04. The Bertz CT molecular complexity index is 440. The lowest BCUT2D eigenvalue weighted by Crippen LogP contribution is -2.20. The maximum atomic E-state index is 13.1. The summed E-state index contributed by atoms with van der Waals surface area (Å²) < 4.78 is 88.5. The van der Waals surface area contributed by atoms with Crippen molar-refractivity contribution in [1.29, 1.82) is 0 Å². The van der Waals surface area contributed by atoms with Crippen LogP contribution in [0.4, 0.5) is 30.7 Å². The molecule has 0 aliphatic carbocycles. The van der Waals surface area contributed by atoms with Crippen LogP contribution in [0.5, 0.6) is 5.88 Å². The first-order valence-corrected chi connectivity index (χ1v) is 4.18. The van der Waals surface area contributed by atoms with E-state index in [0.29, 0.717) is 0 Å². The van der Waals surface area contributed by atoms with Crippen LogP contribution in [0.3, 0.4) is 0 Å². The van der Waals surface area contributed by atoms with Crippen LogP contribution in [0.15, 0.2) is 6.07 Å².